The van der Waals surface area contributed by atoms with Crippen molar-refractivity contribution in [1.29, 1.82) is 0 Å². The molecule has 0 atom stereocenters. The number of thiophene rings is 1. The summed E-state index contributed by atoms with van der Waals surface area (Å²) in [4.78, 5) is 10.3. The molecule has 256 valence electrons. The zero-order valence-electron chi connectivity index (χ0n) is 29.8. The summed E-state index contributed by atoms with van der Waals surface area (Å²) >= 11 is 1.88. The van der Waals surface area contributed by atoms with Gasteiger partial charge in [0.2, 0.25) is 0 Å². The van der Waals surface area contributed by atoms with Crippen LogP contribution in [0.4, 0.5) is 0 Å². The van der Waals surface area contributed by atoms with Crippen LogP contribution in [0.3, 0.4) is 0 Å². The Morgan fingerprint density at radius 1 is 0.327 bits per heavy atom. The van der Waals surface area contributed by atoms with Crippen molar-refractivity contribution in [2.75, 3.05) is 0 Å². The van der Waals surface area contributed by atoms with Gasteiger partial charge in [-0.25, -0.2) is 4.98 Å². The third-order valence-corrected chi connectivity index (χ3v) is 12.1. The third kappa shape index (κ3) is 5.40. The monoisotopic (exact) mass is 716 g/mol. The molecule has 0 N–H and O–H groups in total. The van der Waals surface area contributed by atoms with Crippen LogP contribution in [0.25, 0.3) is 109 Å². The van der Waals surface area contributed by atoms with Crippen LogP contribution < -0.4 is 0 Å². The van der Waals surface area contributed by atoms with Crippen molar-refractivity contribution in [1.82, 2.24) is 9.97 Å². The lowest BCUT2D eigenvalue weighted by atomic mass is 9.94. The first kappa shape index (κ1) is 31.6. The standard InChI is InChI=1S/C52H32N2S/c1-3-23-45-42(20-1)43-21-2-4-24-46(43)51-50(45)53-32-48(54-51)40-19-10-17-38(31-40)36-15-8-13-34(29-36)33-12-7-14-35(28-33)37-16-9-18-39(30-37)41-25-11-26-47-44-22-5-6-27-49(44)55-52(41)47/h1-32H. The Bertz CT molecular complexity index is 3250. The number of hydrogen-bond donors (Lipinski definition) is 0. The van der Waals surface area contributed by atoms with Crippen LogP contribution in [0.2, 0.25) is 0 Å². The molecular weight excluding hydrogens is 685 g/mol. The van der Waals surface area contributed by atoms with Crippen LogP contribution in [0, 0.1) is 0 Å². The van der Waals surface area contributed by atoms with Gasteiger partial charge in [0.15, 0.2) is 0 Å². The van der Waals surface area contributed by atoms with Crippen molar-refractivity contribution in [3.05, 3.63) is 194 Å². The smallest absolute Gasteiger partial charge is 0.0979 e. The highest BCUT2D eigenvalue weighted by Crippen LogP contribution is 2.41. The lowest BCUT2D eigenvalue weighted by molar-refractivity contribution is 1.31. The predicted molar refractivity (Wildman–Crippen MR) is 235 cm³/mol. The molecule has 2 nitrogen and oxygen atoms in total. The normalized spacial score (nSPS) is 11.6. The van der Waals surface area contributed by atoms with E-state index in [0.29, 0.717) is 0 Å². The Labute approximate surface area is 322 Å². The van der Waals surface area contributed by atoms with E-state index in [9.17, 15) is 0 Å². The van der Waals surface area contributed by atoms with E-state index in [1.165, 1.54) is 64.3 Å². The second-order valence-electron chi connectivity index (χ2n) is 14.1. The number of rotatable bonds is 5. The molecule has 0 amide bonds. The van der Waals surface area contributed by atoms with Crippen LogP contribution >= 0.6 is 11.3 Å². The summed E-state index contributed by atoms with van der Waals surface area (Å²) in [5.41, 5.74) is 13.4. The van der Waals surface area contributed by atoms with Gasteiger partial charge in [-0.05, 0) is 85.6 Å². The van der Waals surface area contributed by atoms with Gasteiger partial charge in [0, 0.05) is 36.5 Å². The zero-order chi connectivity index (χ0) is 36.3. The summed E-state index contributed by atoms with van der Waals surface area (Å²) in [6.07, 6.45) is 1.92. The van der Waals surface area contributed by atoms with Crippen molar-refractivity contribution in [2.24, 2.45) is 0 Å². The molecule has 0 bridgehead atoms. The van der Waals surface area contributed by atoms with Gasteiger partial charge in [0.25, 0.3) is 0 Å². The molecule has 55 heavy (non-hydrogen) atoms. The van der Waals surface area contributed by atoms with E-state index in [1.807, 2.05) is 17.5 Å². The fourth-order valence-electron chi connectivity index (χ4n) is 8.22. The van der Waals surface area contributed by atoms with E-state index in [-0.39, 0.29) is 0 Å². The van der Waals surface area contributed by atoms with Gasteiger partial charge in [-0.2, -0.15) is 0 Å². The Balaban J connectivity index is 0.936. The van der Waals surface area contributed by atoms with Crippen molar-refractivity contribution >= 4 is 64.1 Å². The second kappa shape index (κ2) is 12.9. The molecule has 11 rings (SSSR count). The Hall–Kier alpha value is -6.94. The average molecular weight is 717 g/mol. The van der Waals surface area contributed by atoms with Gasteiger partial charge >= 0.3 is 0 Å². The SMILES string of the molecule is c1cc(-c2cccc(-c3cccc(-c4cccc5c4sc4ccccc45)c3)c2)cc(-c2cccc(-c3cnc4c5ccccc5c5ccccc5c4n3)c2)c1. The Kier molecular flexibility index (Phi) is 7.39. The van der Waals surface area contributed by atoms with Crippen LogP contribution in [-0.2, 0) is 0 Å². The van der Waals surface area contributed by atoms with Crippen molar-refractivity contribution in [3.8, 4) is 55.8 Å². The maximum atomic E-state index is 5.25. The molecule has 0 saturated heterocycles. The molecule has 2 heterocycles. The third-order valence-electron chi connectivity index (χ3n) is 10.9. The molecule has 0 unspecified atom stereocenters. The molecule has 0 aliphatic rings. The van der Waals surface area contributed by atoms with Crippen LogP contribution in [-0.4, -0.2) is 9.97 Å². The summed E-state index contributed by atoms with van der Waals surface area (Å²) < 4.78 is 2.66. The summed E-state index contributed by atoms with van der Waals surface area (Å²) in [6.45, 7) is 0. The van der Waals surface area contributed by atoms with E-state index in [2.05, 4.69) is 188 Å². The zero-order valence-corrected chi connectivity index (χ0v) is 30.6. The summed E-state index contributed by atoms with van der Waals surface area (Å²) in [5, 5.41) is 7.30. The highest BCUT2D eigenvalue weighted by Gasteiger charge is 2.14. The number of fused-ring (bicyclic) bond motifs is 9. The van der Waals surface area contributed by atoms with E-state index >= 15 is 0 Å². The molecule has 0 radical (unpaired) electrons. The van der Waals surface area contributed by atoms with Gasteiger partial charge in [0.1, 0.15) is 0 Å². The van der Waals surface area contributed by atoms with Crippen LogP contribution in [0.15, 0.2) is 194 Å². The highest BCUT2D eigenvalue weighted by molar-refractivity contribution is 7.26. The maximum Gasteiger partial charge on any atom is 0.0979 e. The molecular formula is C52H32N2S. The van der Waals surface area contributed by atoms with Crippen molar-refractivity contribution in [3.63, 3.8) is 0 Å². The molecule has 11 aromatic rings. The minimum Gasteiger partial charge on any atom is -0.252 e. The van der Waals surface area contributed by atoms with Gasteiger partial charge < -0.3 is 0 Å². The summed E-state index contributed by atoms with van der Waals surface area (Å²) in [5.74, 6) is 0. The Morgan fingerprint density at radius 2 is 0.764 bits per heavy atom. The van der Waals surface area contributed by atoms with Gasteiger partial charge in [0.05, 0.1) is 22.9 Å². The first-order chi connectivity index (χ1) is 27.2. The maximum absolute atomic E-state index is 5.25. The van der Waals surface area contributed by atoms with Crippen LogP contribution in [0.1, 0.15) is 0 Å². The fraction of sp³-hybridized carbons (Fsp3) is 0. The average Bonchev–Trinajstić information content (AvgIpc) is 3.66. The molecule has 0 saturated carbocycles. The van der Waals surface area contributed by atoms with E-state index in [4.69, 9.17) is 9.97 Å². The molecule has 0 fully saturated rings. The molecule has 9 aromatic carbocycles. The number of hydrogen-bond acceptors (Lipinski definition) is 3. The lowest BCUT2D eigenvalue weighted by Crippen LogP contribution is -1.92. The van der Waals surface area contributed by atoms with Gasteiger partial charge in [-0.15, -0.1) is 11.3 Å². The number of aromatic nitrogens is 2. The topological polar surface area (TPSA) is 25.8 Å². The van der Waals surface area contributed by atoms with Gasteiger partial charge in [-0.1, -0.05) is 158 Å². The summed E-state index contributed by atoms with van der Waals surface area (Å²) in [6, 6.07) is 67.8. The van der Waals surface area contributed by atoms with Gasteiger partial charge in [-0.3, -0.25) is 4.98 Å². The Morgan fingerprint density at radius 3 is 1.38 bits per heavy atom. The minimum atomic E-state index is 0.865. The lowest BCUT2D eigenvalue weighted by Gasteiger charge is -2.12. The largest absolute Gasteiger partial charge is 0.252 e. The molecule has 0 aliphatic carbocycles. The minimum absolute atomic E-state index is 0.865. The molecule has 2 aromatic heterocycles. The first-order valence-corrected chi connectivity index (χ1v) is 19.5. The predicted octanol–water partition coefficient (Wildman–Crippen LogP) is 14.6. The highest BCUT2D eigenvalue weighted by atomic mass is 32.1. The molecule has 0 spiro atoms. The first-order valence-electron chi connectivity index (χ1n) is 18.6. The summed E-state index contributed by atoms with van der Waals surface area (Å²) in [7, 11) is 0. The van der Waals surface area contributed by atoms with E-state index in [0.717, 1.165) is 44.2 Å². The fourth-order valence-corrected chi connectivity index (χ4v) is 9.46. The van der Waals surface area contributed by atoms with E-state index < -0.39 is 0 Å². The van der Waals surface area contributed by atoms with Crippen LogP contribution in [0.5, 0.6) is 0 Å². The second-order valence-corrected chi connectivity index (χ2v) is 15.2. The molecule has 0 aliphatic heterocycles. The number of nitrogens with zero attached hydrogens (tertiary/aromatic N) is 2. The number of benzene rings is 9. The van der Waals surface area contributed by atoms with E-state index in [1.54, 1.807) is 0 Å². The molecule has 3 heteroatoms. The van der Waals surface area contributed by atoms with Crippen molar-refractivity contribution < 1.29 is 0 Å². The van der Waals surface area contributed by atoms with Crippen molar-refractivity contribution in [2.45, 2.75) is 0 Å². The quantitative estimate of drug-likeness (QED) is 0.166.